The van der Waals surface area contributed by atoms with E-state index in [9.17, 15) is 9.18 Å². The summed E-state index contributed by atoms with van der Waals surface area (Å²) in [6, 6.07) is 2.46. The first-order valence-electron chi connectivity index (χ1n) is 5.57. The molecule has 6 heteroatoms. The Morgan fingerprint density at radius 2 is 2.28 bits per heavy atom. The topological polar surface area (TPSA) is 75.3 Å². The zero-order valence-electron chi connectivity index (χ0n) is 10.4. The summed E-state index contributed by atoms with van der Waals surface area (Å²) in [6.45, 7) is 2.02. The molecule has 4 nitrogen and oxygen atoms in total. The highest BCUT2D eigenvalue weighted by molar-refractivity contribution is 7.98. The van der Waals surface area contributed by atoms with Gasteiger partial charge in [-0.25, -0.2) is 9.18 Å². The number of carboxylic acid groups (broad SMARTS) is 1. The van der Waals surface area contributed by atoms with Crippen LogP contribution >= 0.6 is 11.8 Å². The highest BCUT2D eigenvalue weighted by Crippen LogP contribution is 2.24. The molecule has 0 saturated carbocycles. The SMILES string of the molecule is CCC(CSC)Nc1cc(F)c(C(=O)O)cc1N. The van der Waals surface area contributed by atoms with Crippen molar-refractivity contribution < 1.29 is 14.3 Å². The van der Waals surface area contributed by atoms with Gasteiger partial charge in [-0.15, -0.1) is 0 Å². The first-order valence-corrected chi connectivity index (χ1v) is 6.96. The average Bonchev–Trinajstić information content (AvgIpc) is 2.32. The molecule has 1 aromatic carbocycles. The van der Waals surface area contributed by atoms with Crippen LogP contribution in [0, 0.1) is 5.82 Å². The number of anilines is 2. The van der Waals surface area contributed by atoms with E-state index >= 15 is 0 Å². The molecule has 0 amide bonds. The molecule has 1 aromatic rings. The van der Waals surface area contributed by atoms with Gasteiger partial charge in [0.25, 0.3) is 0 Å². The molecular weight excluding hydrogens is 255 g/mol. The smallest absolute Gasteiger partial charge is 0.338 e. The highest BCUT2D eigenvalue weighted by Gasteiger charge is 2.15. The second kappa shape index (κ2) is 6.49. The summed E-state index contributed by atoms with van der Waals surface area (Å²) in [4.78, 5) is 10.7. The fraction of sp³-hybridized carbons (Fsp3) is 0.417. The van der Waals surface area contributed by atoms with E-state index in [1.165, 1.54) is 0 Å². The monoisotopic (exact) mass is 272 g/mol. The Labute approximate surface area is 110 Å². The molecule has 0 heterocycles. The predicted octanol–water partition coefficient (Wildman–Crippen LogP) is 2.66. The predicted molar refractivity (Wildman–Crippen MR) is 73.9 cm³/mol. The largest absolute Gasteiger partial charge is 0.478 e. The number of nitrogens with one attached hydrogen (secondary N) is 1. The van der Waals surface area contributed by atoms with Crippen molar-refractivity contribution in [3.05, 3.63) is 23.5 Å². The molecule has 0 saturated heterocycles. The number of hydrogen-bond acceptors (Lipinski definition) is 4. The van der Waals surface area contributed by atoms with Crippen LogP contribution in [-0.4, -0.2) is 29.1 Å². The van der Waals surface area contributed by atoms with Crippen LogP contribution in [0.4, 0.5) is 15.8 Å². The Bertz CT molecular complexity index is 440. The summed E-state index contributed by atoms with van der Waals surface area (Å²) in [5.74, 6) is -1.22. The number of hydrogen-bond donors (Lipinski definition) is 3. The van der Waals surface area contributed by atoms with E-state index in [2.05, 4.69) is 5.32 Å². The van der Waals surface area contributed by atoms with Gasteiger partial charge in [-0.1, -0.05) is 6.92 Å². The van der Waals surface area contributed by atoms with Crippen molar-refractivity contribution in [3.63, 3.8) is 0 Å². The second-order valence-corrected chi connectivity index (χ2v) is 4.84. The molecule has 0 aliphatic rings. The van der Waals surface area contributed by atoms with E-state index < -0.39 is 17.3 Å². The average molecular weight is 272 g/mol. The van der Waals surface area contributed by atoms with Gasteiger partial charge in [-0.2, -0.15) is 11.8 Å². The lowest BCUT2D eigenvalue weighted by atomic mass is 10.1. The molecule has 0 spiro atoms. The van der Waals surface area contributed by atoms with Crippen LogP contribution in [-0.2, 0) is 0 Å². The van der Waals surface area contributed by atoms with E-state index in [1.54, 1.807) is 11.8 Å². The Hall–Kier alpha value is -1.43. The number of thioether (sulfide) groups is 1. The standard InChI is InChI=1S/C12H17FN2O2S/c1-3-7(6-18-2)15-11-5-9(13)8(12(16)17)4-10(11)14/h4-5,7,15H,3,6,14H2,1-2H3,(H,16,17). The minimum Gasteiger partial charge on any atom is -0.478 e. The van der Waals surface area contributed by atoms with Gasteiger partial charge in [0.15, 0.2) is 0 Å². The molecule has 18 heavy (non-hydrogen) atoms. The van der Waals surface area contributed by atoms with Crippen LogP contribution in [0.5, 0.6) is 0 Å². The lowest BCUT2D eigenvalue weighted by molar-refractivity contribution is 0.0692. The first kappa shape index (κ1) is 14.6. The Morgan fingerprint density at radius 3 is 2.78 bits per heavy atom. The molecule has 4 N–H and O–H groups in total. The number of rotatable bonds is 6. The summed E-state index contributed by atoms with van der Waals surface area (Å²) < 4.78 is 13.5. The molecular formula is C12H17FN2O2S. The van der Waals surface area contributed by atoms with Gasteiger partial charge in [0.05, 0.1) is 16.9 Å². The maximum atomic E-state index is 13.5. The molecule has 0 aliphatic carbocycles. The summed E-state index contributed by atoms with van der Waals surface area (Å²) in [7, 11) is 0. The van der Waals surface area contributed by atoms with Gasteiger partial charge in [-0.3, -0.25) is 0 Å². The number of carbonyl (C=O) groups is 1. The Morgan fingerprint density at radius 1 is 1.61 bits per heavy atom. The zero-order chi connectivity index (χ0) is 13.7. The van der Waals surface area contributed by atoms with E-state index in [0.717, 1.165) is 24.3 Å². The molecule has 0 aromatic heterocycles. The van der Waals surface area contributed by atoms with Crippen molar-refractivity contribution in [3.8, 4) is 0 Å². The van der Waals surface area contributed by atoms with Crippen molar-refractivity contribution in [2.24, 2.45) is 0 Å². The summed E-state index contributed by atoms with van der Waals surface area (Å²) in [6.07, 6.45) is 2.87. The molecule has 0 radical (unpaired) electrons. The normalized spacial score (nSPS) is 12.2. The number of aromatic carboxylic acids is 1. The number of halogens is 1. The van der Waals surface area contributed by atoms with Gasteiger partial charge in [0.1, 0.15) is 5.82 Å². The van der Waals surface area contributed by atoms with E-state index in [0.29, 0.717) is 5.69 Å². The fourth-order valence-corrected chi connectivity index (χ4v) is 2.28. The van der Waals surface area contributed by atoms with Crippen LogP contribution in [0.2, 0.25) is 0 Å². The van der Waals surface area contributed by atoms with Crippen molar-refractivity contribution >= 4 is 29.1 Å². The van der Waals surface area contributed by atoms with E-state index in [-0.39, 0.29) is 11.7 Å². The third-order valence-corrected chi connectivity index (χ3v) is 3.33. The van der Waals surface area contributed by atoms with Gasteiger partial charge in [0.2, 0.25) is 0 Å². The minimum atomic E-state index is -1.32. The van der Waals surface area contributed by atoms with Crippen molar-refractivity contribution in [1.82, 2.24) is 0 Å². The van der Waals surface area contributed by atoms with Crippen LogP contribution in [0.3, 0.4) is 0 Å². The summed E-state index contributed by atoms with van der Waals surface area (Å²) >= 11 is 1.68. The van der Waals surface area contributed by atoms with E-state index in [4.69, 9.17) is 10.8 Å². The number of nitrogen functional groups attached to an aromatic ring is 1. The number of benzene rings is 1. The Balaban J connectivity index is 2.97. The molecule has 1 atom stereocenters. The lowest BCUT2D eigenvalue weighted by Crippen LogP contribution is -2.22. The summed E-state index contributed by atoms with van der Waals surface area (Å²) in [5.41, 5.74) is 6.01. The maximum absolute atomic E-state index is 13.5. The van der Waals surface area contributed by atoms with E-state index in [1.807, 2.05) is 13.2 Å². The van der Waals surface area contributed by atoms with Crippen molar-refractivity contribution in [1.29, 1.82) is 0 Å². The van der Waals surface area contributed by atoms with Crippen LogP contribution in [0.15, 0.2) is 12.1 Å². The quantitative estimate of drug-likeness (QED) is 0.694. The Kier molecular flexibility index (Phi) is 5.27. The zero-order valence-corrected chi connectivity index (χ0v) is 11.2. The number of nitrogens with two attached hydrogens (primary N) is 1. The van der Waals surface area contributed by atoms with Gasteiger partial charge in [0, 0.05) is 11.8 Å². The molecule has 0 aliphatic heterocycles. The molecule has 1 rings (SSSR count). The molecule has 0 bridgehead atoms. The fourth-order valence-electron chi connectivity index (χ4n) is 1.56. The summed E-state index contributed by atoms with van der Waals surface area (Å²) in [5, 5.41) is 11.9. The van der Waals surface area contributed by atoms with Gasteiger partial charge >= 0.3 is 5.97 Å². The van der Waals surface area contributed by atoms with Crippen LogP contribution in [0.1, 0.15) is 23.7 Å². The maximum Gasteiger partial charge on any atom is 0.338 e. The third kappa shape index (κ3) is 3.53. The number of carboxylic acids is 1. The third-order valence-electron chi connectivity index (χ3n) is 2.59. The van der Waals surface area contributed by atoms with Crippen LogP contribution < -0.4 is 11.1 Å². The lowest BCUT2D eigenvalue weighted by Gasteiger charge is -2.19. The molecule has 100 valence electrons. The molecule has 0 fully saturated rings. The minimum absolute atomic E-state index is 0.178. The molecule has 1 unspecified atom stereocenters. The van der Waals surface area contributed by atoms with Gasteiger partial charge in [-0.05, 0) is 24.8 Å². The van der Waals surface area contributed by atoms with Crippen LogP contribution in [0.25, 0.3) is 0 Å². The van der Waals surface area contributed by atoms with Crippen molar-refractivity contribution in [2.45, 2.75) is 19.4 Å². The first-order chi connectivity index (χ1) is 8.49. The highest BCUT2D eigenvalue weighted by atomic mass is 32.2. The van der Waals surface area contributed by atoms with Crippen molar-refractivity contribution in [2.75, 3.05) is 23.1 Å². The van der Waals surface area contributed by atoms with Gasteiger partial charge < -0.3 is 16.2 Å². The second-order valence-electron chi connectivity index (χ2n) is 3.93.